The van der Waals surface area contributed by atoms with E-state index in [9.17, 15) is 0 Å². The molecule has 0 aliphatic rings. The summed E-state index contributed by atoms with van der Waals surface area (Å²) in [5.41, 5.74) is 1.90. The van der Waals surface area contributed by atoms with Crippen LogP contribution in [0, 0.1) is 0 Å². The van der Waals surface area contributed by atoms with Crippen LogP contribution >= 0.6 is 11.6 Å². The second-order valence-corrected chi connectivity index (χ2v) is 4.45. The highest BCUT2D eigenvalue weighted by Crippen LogP contribution is 2.21. The second kappa shape index (κ2) is 5.45. The van der Waals surface area contributed by atoms with E-state index in [1.807, 2.05) is 36.2 Å². The second-order valence-electron chi connectivity index (χ2n) is 4.09. The van der Waals surface area contributed by atoms with E-state index in [2.05, 4.69) is 11.1 Å². The Balaban J connectivity index is 2.31. The fraction of sp³-hybridized carbons (Fsp3) is 0.308. The van der Waals surface area contributed by atoms with Crippen molar-refractivity contribution < 1.29 is 5.11 Å². The predicted molar refractivity (Wildman–Crippen MR) is 70.2 cm³/mol. The molecule has 0 saturated heterocycles. The van der Waals surface area contributed by atoms with Gasteiger partial charge in [-0.1, -0.05) is 29.8 Å². The van der Waals surface area contributed by atoms with Crippen molar-refractivity contribution in [2.24, 2.45) is 0 Å². The van der Waals surface area contributed by atoms with Crippen LogP contribution in [0.25, 0.3) is 10.9 Å². The number of nitrogens with zero attached hydrogens (tertiary/aromatic N) is 2. The lowest BCUT2D eigenvalue weighted by atomic mass is 10.1. The number of aromatic nitrogens is 1. The number of hydrogen-bond donors (Lipinski definition) is 1. The van der Waals surface area contributed by atoms with E-state index in [-0.39, 0.29) is 6.61 Å². The van der Waals surface area contributed by atoms with Crippen LogP contribution in [-0.2, 0) is 6.54 Å². The highest BCUT2D eigenvalue weighted by molar-refractivity contribution is 6.30. The molecule has 0 bridgehead atoms. The Kier molecular flexibility index (Phi) is 3.94. The molecule has 0 fully saturated rings. The summed E-state index contributed by atoms with van der Waals surface area (Å²) in [5.74, 6) is 0. The van der Waals surface area contributed by atoms with Crippen molar-refractivity contribution in [3.05, 3.63) is 41.0 Å². The van der Waals surface area contributed by atoms with Crippen LogP contribution in [-0.4, -0.2) is 35.2 Å². The molecule has 1 aromatic heterocycles. The average Bonchev–Trinajstić information content (AvgIpc) is 2.30. The fourth-order valence-corrected chi connectivity index (χ4v) is 1.99. The van der Waals surface area contributed by atoms with E-state index >= 15 is 0 Å². The average molecular weight is 251 g/mol. The largest absolute Gasteiger partial charge is 0.395 e. The summed E-state index contributed by atoms with van der Waals surface area (Å²) in [5, 5.41) is 10.5. The van der Waals surface area contributed by atoms with E-state index < -0.39 is 0 Å². The zero-order valence-electron chi connectivity index (χ0n) is 9.73. The van der Waals surface area contributed by atoms with Crippen molar-refractivity contribution in [3.63, 3.8) is 0 Å². The number of fused-ring (bicyclic) bond motifs is 1. The Bertz CT molecular complexity index is 516. The fourth-order valence-electron chi connectivity index (χ4n) is 1.79. The van der Waals surface area contributed by atoms with Crippen LogP contribution in [0.3, 0.4) is 0 Å². The maximum Gasteiger partial charge on any atom is 0.134 e. The SMILES string of the molecule is CN(CCO)Cc1cc2ccccc2nc1Cl. The molecule has 1 N–H and O–H groups in total. The van der Waals surface area contributed by atoms with Crippen molar-refractivity contribution in [2.75, 3.05) is 20.2 Å². The molecule has 4 heteroatoms. The molecule has 0 atom stereocenters. The van der Waals surface area contributed by atoms with Crippen LogP contribution < -0.4 is 0 Å². The number of halogens is 1. The summed E-state index contributed by atoms with van der Waals surface area (Å²) in [6, 6.07) is 9.96. The number of pyridine rings is 1. The van der Waals surface area contributed by atoms with Crippen LogP contribution in [0.2, 0.25) is 5.15 Å². The smallest absolute Gasteiger partial charge is 0.134 e. The van der Waals surface area contributed by atoms with Gasteiger partial charge in [0.15, 0.2) is 0 Å². The Morgan fingerprint density at radius 2 is 2.12 bits per heavy atom. The van der Waals surface area contributed by atoms with Crippen molar-refractivity contribution in [2.45, 2.75) is 6.54 Å². The Hall–Kier alpha value is -1.16. The molecule has 2 aromatic rings. The number of rotatable bonds is 4. The van der Waals surface area contributed by atoms with Crippen LogP contribution in [0.5, 0.6) is 0 Å². The number of aliphatic hydroxyl groups is 1. The van der Waals surface area contributed by atoms with Gasteiger partial charge < -0.3 is 5.11 Å². The molecule has 2 rings (SSSR count). The van der Waals surface area contributed by atoms with Gasteiger partial charge in [-0.25, -0.2) is 4.98 Å². The van der Waals surface area contributed by atoms with E-state index in [0.717, 1.165) is 16.5 Å². The molecule has 0 aliphatic heterocycles. The number of aliphatic hydroxyl groups excluding tert-OH is 1. The van der Waals surface area contributed by atoms with Crippen LogP contribution in [0.1, 0.15) is 5.56 Å². The molecule has 90 valence electrons. The van der Waals surface area contributed by atoms with Gasteiger partial charge in [0.1, 0.15) is 5.15 Å². The summed E-state index contributed by atoms with van der Waals surface area (Å²) >= 11 is 6.15. The predicted octanol–water partition coefficient (Wildman–Crippen LogP) is 2.31. The third-order valence-corrected chi connectivity index (χ3v) is 3.00. The highest BCUT2D eigenvalue weighted by Gasteiger charge is 2.07. The molecule has 3 nitrogen and oxygen atoms in total. The summed E-state index contributed by atoms with van der Waals surface area (Å²) in [7, 11) is 1.95. The number of likely N-dealkylation sites (N-methyl/N-ethyl adjacent to an activating group) is 1. The first-order valence-corrected chi connectivity index (χ1v) is 5.92. The van der Waals surface area contributed by atoms with Gasteiger partial charge in [-0.05, 0) is 19.2 Å². The molecule has 0 unspecified atom stereocenters. The van der Waals surface area contributed by atoms with E-state index in [1.54, 1.807) is 0 Å². The molecule has 1 aromatic carbocycles. The number of para-hydroxylation sites is 1. The molecule has 1 heterocycles. The van der Waals surface area contributed by atoms with Crippen LogP contribution in [0.15, 0.2) is 30.3 Å². The van der Waals surface area contributed by atoms with Gasteiger partial charge in [0.05, 0.1) is 12.1 Å². The molecule has 0 saturated carbocycles. The van der Waals surface area contributed by atoms with E-state index in [0.29, 0.717) is 18.2 Å². The van der Waals surface area contributed by atoms with Gasteiger partial charge in [-0.15, -0.1) is 0 Å². The molecule has 17 heavy (non-hydrogen) atoms. The Morgan fingerprint density at radius 1 is 1.35 bits per heavy atom. The number of benzene rings is 1. The van der Waals surface area contributed by atoms with Crippen LogP contribution in [0.4, 0.5) is 0 Å². The Labute approximate surface area is 106 Å². The highest BCUT2D eigenvalue weighted by atomic mass is 35.5. The molecule has 0 amide bonds. The van der Waals surface area contributed by atoms with Crippen molar-refractivity contribution in [3.8, 4) is 0 Å². The normalized spacial score (nSPS) is 11.3. The standard InChI is InChI=1S/C13H15ClN2O/c1-16(6-7-17)9-11-8-10-4-2-3-5-12(10)15-13(11)14/h2-5,8,17H,6-7,9H2,1H3. The number of hydrogen-bond acceptors (Lipinski definition) is 3. The molecule has 0 radical (unpaired) electrons. The lowest BCUT2D eigenvalue weighted by Gasteiger charge is -2.16. The third-order valence-electron chi connectivity index (χ3n) is 2.67. The first-order chi connectivity index (χ1) is 8.20. The first-order valence-electron chi connectivity index (χ1n) is 5.54. The first kappa shape index (κ1) is 12.3. The summed E-state index contributed by atoms with van der Waals surface area (Å²) < 4.78 is 0. The molecular weight excluding hydrogens is 236 g/mol. The topological polar surface area (TPSA) is 36.4 Å². The zero-order valence-corrected chi connectivity index (χ0v) is 10.5. The van der Waals surface area contributed by atoms with E-state index in [1.165, 1.54) is 0 Å². The summed E-state index contributed by atoms with van der Waals surface area (Å²) in [4.78, 5) is 6.38. The van der Waals surface area contributed by atoms with Crippen molar-refractivity contribution >= 4 is 22.5 Å². The maximum atomic E-state index is 8.87. The van der Waals surface area contributed by atoms with Gasteiger partial charge in [0.25, 0.3) is 0 Å². The Morgan fingerprint density at radius 3 is 2.88 bits per heavy atom. The monoisotopic (exact) mass is 250 g/mol. The van der Waals surface area contributed by atoms with Gasteiger partial charge in [-0.3, -0.25) is 4.90 Å². The minimum absolute atomic E-state index is 0.148. The summed E-state index contributed by atoms with van der Waals surface area (Å²) in [6.07, 6.45) is 0. The molecule has 0 spiro atoms. The molecular formula is C13H15ClN2O. The van der Waals surface area contributed by atoms with E-state index in [4.69, 9.17) is 16.7 Å². The maximum absolute atomic E-state index is 8.87. The lowest BCUT2D eigenvalue weighted by molar-refractivity contribution is 0.217. The van der Waals surface area contributed by atoms with Gasteiger partial charge >= 0.3 is 0 Å². The van der Waals surface area contributed by atoms with Crippen molar-refractivity contribution in [1.29, 1.82) is 0 Å². The minimum Gasteiger partial charge on any atom is -0.395 e. The third kappa shape index (κ3) is 2.94. The minimum atomic E-state index is 0.148. The van der Waals surface area contributed by atoms with Crippen molar-refractivity contribution in [1.82, 2.24) is 9.88 Å². The van der Waals surface area contributed by atoms with Gasteiger partial charge in [-0.2, -0.15) is 0 Å². The zero-order chi connectivity index (χ0) is 12.3. The quantitative estimate of drug-likeness (QED) is 0.846. The lowest BCUT2D eigenvalue weighted by Crippen LogP contribution is -2.21. The van der Waals surface area contributed by atoms with Gasteiger partial charge in [0, 0.05) is 24.0 Å². The van der Waals surface area contributed by atoms with Gasteiger partial charge in [0.2, 0.25) is 0 Å². The molecule has 0 aliphatic carbocycles. The summed E-state index contributed by atoms with van der Waals surface area (Å²) in [6.45, 7) is 1.47.